The molecule has 0 bridgehead atoms. The first kappa shape index (κ1) is 17.9. The summed E-state index contributed by atoms with van der Waals surface area (Å²) in [6, 6.07) is 17.8. The monoisotopic (exact) mass is 382 g/mol. The minimum absolute atomic E-state index is 0.280. The number of hydrogen-bond acceptors (Lipinski definition) is 3. The van der Waals surface area contributed by atoms with Gasteiger partial charge in [0.1, 0.15) is 0 Å². The molecule has 4 rings (SSSR count). The highest BCUT2D eigenvalue weighted by atomic mass is 32.2. The third kappa shape index (κ3) is 4.27. The lowest BCUT2D eigenvalue weighted by molar-refractivity contribution is 0.384. The summed E-state index contributed by atoms with van der Waals surface area (Å²) in [5, 5.41) is 4.19. The van der Waals surface area contributed by atoms with Gasteiger partial charge in [-0.15, -0.1) is 0 Å². The van der Waals surface area contributed by atoms with Gasteiger partial charge in [0.05, 0.1) is 6.54 Å². The van der Waals surface area contributed by atoms with E-state index in [4.69, 9.17) is 0 Å². The van der Waals surface area contributed by atoms with Gasteiger partial charge in [-0.1, -0.05) is 48.5 Å². The first-order chi connectivity index (χ1) is 13.1. The van der Waals surface area contributed by atoms with Crippen LogP contribution in [0.4, 0.5) is 0 Å². The zero-order valence-electron chi connectivity index (χ0n) is 15.0. The van der Waals surface area contributed by atoms with Crippen molar-refractivity contribution in [2.24, 2.45) is 0 Å². The molecule has 0 aliphatic carbocycles. The molecule has 27 heavy (non-hydrogen) atoms. The largest absolute Gasteiger partial charge is 0.280 e. The fourth-order valence-electron chi connectivity index (χ4n) is 3.28. The first-order valence-corrected chi connectivity index (χ1v) is 10.4. The summed E-state index contributed by atoms with van der Waals surface area (Å²) in [6.45, 7) is 1.91. The highest BCUT2D eigenvalue weighted by Gasteiger charge is 2.26. The lowest BCUT2D eigenvalue weighted by atomic mass is 10.0. The van der Waals surface area contributed by atoms with Crippen molar-refractivity contribution in [3.05, 3.63) is 89.2 Å². The highest BCUT2D eigenvalue weighted by Crippen LogP contribution is 2.20. The van der Waals surface area contributed by atoms with Gasteiger partial charge >= 0.3 is 0 Å². The van der Waals surface area contributed by atoms with E-state index in [1.165, 1.54) is 9.87 Å². The van der Waals surface area contributed by atoms with Gasteiger partial charge in [-0.05, 0) is 34.7 Å². The summed E-state index contributed by atoms with van der Waals surface area (Å²) in [5.74, 6) is 0. The quantitative estimate of drug-likeness (QED) is 0.711. The van der Waals surface area contributed by atoms with Crippen LogP contribution in [0.1, 0.15) is 22.3 Å². The molecular weight excluding hydrogens is 360 g/mol. The number of nitrogens with one attached hydrogen (secondary N) is 1. The van der Waals surface area contributed by atoms with E-state index < -0.39 is 10.2 Å². The smallest absolute Gasteiger partial charge is 0.268 e. The number of benzene rings is 2. The average Bonchev–Trinajstić information content (AvgIpc) is 3.20. The van der Waals surface area contributed by atoms with Gasteiger partial charge in [0, 0.05) is 32.0 Å². The topological polar surface area (TPSA) is 67.2 Å². The SMILES string of the molecule is O=S(=O)(NCc1ccc(Cn2cccn2)cc1)N1CCc2ccccc2C1. The molecule has 0 amide bonds. The van der Waals surface area contributed by atoms with E-state index in [0.717, 1.165) is 23.1 Å². The van der Waals surface area contributed by atoms with Gasteiger partial charge in [0.2, 0.25) is 0 Å². The van der Waals surface area contributed by atoms with Gasteiger partial charge in [-0.25, -0.2) is 0 Å². The van der Waals surface area contributed by atoms with Crippen LogP contribution in [-0.2, 0) is 36.3 Å². The van der Waals surface area contributed by atoms with Crippen molar-refractivity contribution >= 4 is 10.2 Å². The maximum atomic E-state index is 12.7. The van der Waals surface area contributed by atoms with E-state index in [1.807, 2.05) is 59.4 Å². The molecule has 0 unspecified atom stereocenters. The first-order valence-electron chi connectivity index (χ1n) is 8.97. The van der Waals surface area contributed by atoms with E-state index in [9.17, 15) is 8.42 Å². The third-order valence-corrected chi connectivity index (χ3v) is 6.32. The second-order valence-corrected chi connectivity index (χ2v) is 8.45. The van der Waals surface area contributed by atoms with Crippen molar-refractivity contribution in [1.82, 2.24) is 18.8 Å². The molecule has 0 fully saturated rings. The molecule has 0 atom stereocenters. The number of rotatable bonds is 6. The molecule has 2 aromatic carbocycles. The van der Waals surface area contributed by atoms with Crippen molar-refractivity contribution in [1.29, 1.82) is 0 Å². The lowest BCUT2D eigenvalue weighted by Gasteiger charge is -2.28. The summed E-state index contributed by atoms with van der Waals surface area (Å²) >= 11 is 0. The standard InChI is InChI=1S/C20H22N4O2S/c25-27(26,24-13-10-19-4-1-2-5-20(19)16-24)22-14-17-6-8-18(9-7-17)15-23-12-3-11-21-23/h1-9,11-12,22H,10,13-16H2. The Kier molecular flexibility index (Phi) is 5.07. The maximum absolute atomic E-state index is 12.7. The highest BCUT2D eigenvalue weighted by molar-refractivity contribution is 7.87. The van der Waals surface area contributed by atoms with Crippen LogP contribution in [0.5, 0.6) is 0 Å². The molecule has 140 valence electrons. The second-order valence-electron chi connectivity index (χ2n) is 6.70. The summed E-state index contributed by atoms with van der Waals surface area (Å²) in [4.78, 5) is 0. The van der Waals surface area contributed by atoms with Crippen LogP contribution in [0.25, 0.3) is 0 Å². The molecular formula is C20H22N4O2S. The summed E-state index contributed by atoms with van der Waals surface area (Å²) in [5.41, 5.74) is 4.37. The van der Waals surface area contributed by atoms with Crippen LogP contribution in [0.3, 0.4) is 0 Å². The van der Waals surface area contributed by atoms with Crippen molar-refractivity contribution in [2.45, 2.75) is 26.1 Å². The Labute approximate surface area is 159 Å². The molecule has 2 heterocycles. The predicted octanol–water partition coefficient (Wildman–Crippen LogP) is 2.32. The predicted molar refractivity (Wildman–Crippen MR) is 104 cm³/mol. The molecule has 0 saturated heterocycles. The summed E-state index contributed by atoms with van der Waals surface area (Å²) < 4.78 is 31.4. The molecule has 7 heteroatoms. The fourth-order valence-corrected chi connectivity index (χ4v) is 4.46. The number of nitrogens with zero attached hydrogens (tertiary/aromatic N) is 3. The van der Waals surface area contributed by atoms with E-state index in [1.54, 1.807) is 6.20 Å². The zero-order chi connectivity index (χ0) is 18.7. The minimum atomic E-state index is -3.51. The van der Waals surface area contributed by atoms with Crippen LogP contribution in [0.15, 0.2) is 67.0 Å². The Morgan fingerprint density at radius 3 is 2.44 bits per heavy atom. The molecule has 1 aromatic heterocycles. The molecule has 1 N–H and O–H groups in total. The maximum Gasteiger partial charge on any atom is 0.280 e. The Bertz CT molecular complexity index is 999. The number of hydrogen-bond donors (Lipinski definition) is 1. The van der Waals surface area contributed by atoms with Gasteiger partial charge in [-0.2, -0.15) is 22.5 Å². The molecule has 1 aliphatic rings. The van der Waals surface area contributed by atoms with E-state index in [-0.39, 0.29) is 6.54 Å². The van der Waals surface area contributed by atoms with Gasteiger partial charge in [-0.3, -0.25) is 4.68 Å². The zero-order valence-corrected chi connectivity index (χ0v) is 15.8. The van der Waals surface area contributed by atoms with E-state index >= 15 is 0 Å². The summed E-state index contributed by atoms with van der Waals surface area (Å²) in [6.07, 6.45) is 4.42. The molecule has 6 nitrogen and oxygen atoms in total. The third-order valence-electron chi connectivity index (χ3n) is 4.82. The molecule has 0 spiro atoms. The fraction of sp³-hybridized carbons (Fsp3) is 0.250. The summed E-state index contributed by atoms with van der Waals surface area (Å²) in [7, 11) is -3.51. The van der Waals surface area contributed by atoms with Crippen LogP contribution >= 0.6 is 0 Å². The molecule has 3 aromatic rings. The molecule has 1 aliphatic heterocycles. The van der Waals surface area contributed by atoms with Crippen molar-refractivity contribution in [2.75, 3.05) is 6.54 Å². The van der Waals surface area contributed by atoms with Crippen LogP contribution < -0.4 is 4.72 Å². The van der Waals surface area contributed by atoms with Crippen LogP contribution in [-0.4, -0.2) is 29.0 Å². The number of aromatic nitrogens is 2. The Morgan fingerprint density at radius 2 is 1.70 bits per heavy atom. The van der Waals surface area contributed by atoms with Gasteiger partial charge in [0.15, 0.2) is 0 Å². The van der Waals surface area contributed by atoms with Crippen LogP contribution in [0.2, 0.25) is 0 Å². The molecule has 0 saturated carbocycles. The van der Waals surface area contributed by atoms with Crippen molar-refractivity contribution in [3.63, 3.8) is 0 Å². The number of fused-ring (bicyclic) bond motifs is 1. The van der Waals surface area contributed by atoms with E-state index in [0.29, 0.717) is 19.6 Å². The Morgan fingerprint density at radius 1 is 0.963 bits per heavy atom. The van der Waals surface area contributed by atoms with Gasteiger partial charge < -0.3 is 0 Å². The lowest BCUT2D eigenvalue weighted by Crippen LogP contribution is -2.43. The molecule has 0 radical (unpaired) electrons. The Hall–Kier alpha value is -2.48. The average molecular weight is 382 g/mol. The van der Waals surface area contributed by atoms with Crippen molar-refractivity contribution in [3.8, 4) is 0 Å². The van der Waals surface area contributed by atoms with E-state index in [2.05, 4.69) is 15.9 Å². The Balaban J connectivity index is 1.36. The normalized spacial score (nSPS) is 14.8. The van der Waals surface area contributed by atoms with Gasteiger partial charge in [0.25, 0.3) is 10.2 Å². The van der Waals surface area contributed by atoms with Crippen LogP contribution in [0, 0.1) is 0 Å². The minimum Gasteiger partial charge on any atom is -0.268 e. The second kappa shape index (κ2) is 7.64. The van der Waals surface area contributed by atoms with Crippen molar-refractivity contribution < 1.29 is 8.42 Å².